The Kier molecular flexibility index (Phi) is 10.5. The Bertz CT molecular complexity index is 409. The van der Waals surface area contributed by atoms with Crippen molar-refractivity contribution in [1.82, 2.24) is 9.03 Å². The van der Waals surface area contributed by atoms with Crippen LogP contribution in [0.2, 0.25) is 0 Å². The molecule has 0 radical (unpaired) electrons. The fourth-order valence-electron chi connectivity index (χ4n) is 1.82. The predicted octanol–water partition coefficient (Wildman–Crippen LogP) is 3.05. The number of carbonyl (C=O) groups is 1. The summed E-state index contributed by atoms with van der Waals surface area (Å²) in [6, 6.07) is 0. The molecule has 1 rings (SSSR count). The molecule has 0 aliphatic carbocycles. The monoisotopic (exact) mass is 342 g/mol. The molecule has 0 aromatic heterocycles. The van der Waals surface area contributed by atoms with Crippen molar-refractivity contribution in [2.75, 3.05) is 33.4 Å². The summed E-state index contributed by atoms with van der Waals surface area (Å²) in [4.78, 5) is 11.6. The molecule has 1 saturated heterocycles. The van der Waals surface area contributed by atoms with Gasteiger partial charge < -0.3 is 14.2 Å². The van der Waals surface area contributed by atoms with Crippen molar-refractivity contribution in [3.63, 3.8) is 0 Å². The van der Waals surface area contributed by atoms with Gasteiger partial charge in [-0.1, -0.05) is 31.4 Å². The Morgan fingerprint density at radius 2 is 2.30 bits per heavy atom. The SMILES string of the molecule is C=C/C=C(\C=C)COC(=O)NSN(C)CCOC1CCCCO1. The van der Waals surface area contributed by atoms with E-state index in [0.29, 0.717) is 13.2 Å². The zero-order chi connectivity index (χ0) is 16.9. The van der Waals surface area contributed by atoms with Crippen LogP contribution < -0.4 is 4.72 Å². The number of amides is 1. The Balaban J connectivity index is 2.08. The summed E-state index contributed by atoms with van der Waals surface area (Å²) in [5, 5.41) is 0. The van der Waals surface area contributed by atoms with E-state index in [-0.39, 0.29) is 12.9 Å². The Hall–Kier alpha value is -1.28. The molecule has 7 heteroatoms. The third kappa shape index (κ3) is 9.45. The van der Waals surface area contributed by atoms with Gasteiger partial charge in [0.05, 0.1) is 6.61 Å². The minimum Gasteiger partial charge on any atom is -0.444 e. The first-order valence-corrected chi connectivity index (χ1v) is 8.41. The molecule has 1 atom stereocenters. The van der Waals surface area contributed by atoms with Crippen molar-refractivity contribution in [1.29, 1.82) is 0 Å². The number of carbonyl (C=O) groups excluding carboxylic acids is 1. The molecular formula is C16H26N2O4S. The highest BCUT2D eigenvalue weighted by Crippen LogP contribution is 2.13. The van der Waals surface area contributed by atoms with Gasteiger partial charge in [-0.2, -0.15) is 0 Å². The third-order valence-electron chi connectivity index (χ3n) is 3.10. The second-order valence-corrected chi connectivity index (χ2v) is 5.98. The highest BCUT2D eigenvalue weighted by molar-refractivity contribution is 7.95. The van der Waals surface area contributed by atoms with Gasteiger partial charge in [0, 0.05) is 25.3 Å². The normalized spacial score (nSPS) is 18.5. The van der Waals surface area contributed by atoms with Crippen molar-refractivity contribution in [3.8, 4) is 0 Å². The van der Waals surface area contributed by atoms with Gasteiger partial charge in [-0.05, 0) is 31.9 Å². The second-order valence-electron chi connectivity index (χ2n) is 4.97. The molecule has 1 heterocycles. The van der Waals surface area contributed by atoms with Gasteiger partial charge in [0.25, 0.3) is 0 Å². The first kappa shape index (κ1) is 19.8. The van der Waals surface area contributed by atoms with Crippen LogP contribution in [0.25, 0.3) is 0 Å². The Labute approximate surface area is 142 Å². The molecule has 130 valence electrons. The van der Waals surface area contributed by atoms with Gasteiger partial charge in [0.15, 0.2) is 6.29 Å². The lowest BCUT2D eigenvalue weighted by molar-refractivity contribution is -0.162. The standard InChI is InChI=1S/C16H26N2O4S/c1-4-8-14(5-2)13-22-16(19)17-23-18(3)10-12-21-15-9-6-7-11-20-15/h4-5,8,15H,1-2,6-7,9-13H2,3H3,(H,17,19)/b14-8+. The van der Waals surface area contributed by atoms with Crippen molar-refractivity contribution < 1.29 is 19.0 Å². The molecule has 1 N–H and O–H groups in total. The number of rotatable bonds is 10. The van der Waals surface area contributed by atoms with Crippen LogP contribution in [0, 0.1) is 0 Å². The highest BCUT2D eigenvalue weighted by atomic mass is 32.2. The van der Waals surface area contributed by atoms with Gasteiger partial charge in [-0.25, -0.2) is 9.10 Å². The molecule has 0 saturated carbocycles. The summed E-state index contributed by atoms with van der Waals surface area (Å²) in [6.07, 6.45) is 7.60. The Morgan fingerprint density at radius 3 is 2.96 bits per heavy atom. The van der Waals surface area contributed by atoms with E-state index in [0.717, 1.165) is 31.4 Å². The van der Waals surface area contributed by atoms with Crippen LogP contribution in [0.1, 0.15) is 19.3 Å². The maximum atomic E-state index is 11.6. The summed E-state index contributed by atoms with van der Waals surface area (Å²) >= 11 is 1.17. The molecule has 0 aromatic carbocycles. The topological polar surface area (TPSA) is 60.0 Å². The van der Waals surface area contributed by atoms with E-state index >= 15 is 0 Å². The van der Waals surface area contributed by atoms with Crippen LogP contribution in [0.5, 0.6) is 0 Å². The molecule has 1 fully saturated rings. The molecule has 0 spiro atoms. The van der Waals surface area contributed by atoms with Crippen LogP contribution in [0.3, 0.4) is 0 Å². The average molecular weight is 342 g/mol. The third-order valence-corrected chi connectivity index (χ3v) is 3.85. The molecule has 6 nitrogen and oxygen atoms in total. The number of hydrogen-bond donors (Lipinski definition) is 1. The number of likely N-dealkylation sites (N-methyl/N-ethyl adjacent to an activating group) is 1. The maximum absolute atomic E-state index is 11.6. The Morgan fingerprint density at radius 1 is 1.48 bits per heavy atom. The van der Waals surface area contributed by atoms with Crippen LogP contribution in [-0.4, -0.2) is 50.1 Å². The van der Waals surface area contributed by atoms with Crippen LogP contribution in [-0.2, 0) is 14.2 Å². The maximum Gasteiger partial charge on any atom is 0.418 e. The van der Waals surface area contributed by atoms with Gasteiger partial charge in [0.1, 0.15) is 6.61 Å². The number of ether oxygens (including phenoxy) is 3. The molecule has 1 amide bonds. The lowest BCUT2D eigenvalue weighted by Gasteiger charge is -2.23. The molecule has 1 unspecified atom stereocenters. The first-order valence-electron chi connectivity index (χ1n) is 7.63. The number of hydrogen-bond acceptors (Lipinski definition) is 6. The van der Waals surface area contributed by atoms with Gasteiger partial charge in [-0.15, -0.1) is 0 Å². The fraction of sp³-hybridized carbons (Fsp3) is 0.562. The summed E-state index contributed by atoms with van der Waals surface area (Å²) in [7, 11) is 1.86. The minimum absolute atomic E-state index is 0.0888. The van der Waals surface area contributed by atoms with E-state index in [2.05, 4.69) is 17.9 Å². The molecule has 23 heavy (non-hydrogen) atoms. The van der Waals surface area contributed by atoms with Gasteiger partial charge in [0.2, 0.25) is 0 Å². The number of nitrogens with zero attached hydrogens (tertiary/aromatic N) is 1. The van der Waals surface area contributed by atoms with Crippen molar-refractivity contribution in [3.05, 3.63) is 37.0 Å². The summed E-state index contributed by atoms with van der Waals surface area (Å²) in [6.45, 7) is 9.37. The first-order chi connectivity index (χ1) is 11.2. The lowest BCUT2D eigenvalue weighted by Crippen LogP contribution is -2.29. The molecular weight excluding hydrogens is 316 g/mol. The van der Waals surface area contributed by atoms with E-state index in [9.17, 15) is 4.79 Å². The van der Waals surface area contributed by atoms with E-state index in [1.807, 2.05) is 11.4 Å². The highest BCUT2D eigenvalue weighted by Gasteiger charge is 2.14. The van der Waals surface area contributed by atoms with E-state index in [1.54, 1.807) is 18.2 Å². The minimum atomic E-state index is -0.504. The number of allylic oxidation sites excluding steroid dienone is 2. The van der Waals surface area contributed by atoms with Crippen molar-refractivity contribution in [2.24, 2.45) is 0 Å². The molecule has 0 aromatic rings. The quantitative estimate of drug-likeness (QED) is 0.486. The van der Waals surface area contributed by atoms with Crippen LogP contribution in [0.4, 0.5) is 4.79 Å². The fourth-order valence-corrected chi connectivity index (χ4v) is 2.28. The summed E-state index contributed by atoms with van der Waals surface area (Å²) in [5.41, 5.74) is 0.786. The lowest BCUT2D eigenvalue weighted by atomic mass is 10.2. The molecule has 1 aliphatic heterocycles. The van der Waals surface area contributed by atoms with E-state index in [4.69, 9.17) is 14.2 Å². The van der Waals surface area contributed by atoms with Crippen molar-refractivity contribution >= 4 is 18.2 Å². The second kappa shape index (κ2) is 12.2. The van der Waals surface area contributed by atoms with Gasteiger partial charge >= 0.3 is 6.09 Å². The molecule has 0 bridgehead atoms. The van der Waals surface area contributed by atoms with E-state index < -0.39 is 6.09 Å². The van der Waals surface area contributed by atoms with E-state index in [1.165, 1.54) is 12.1 Å². The van der Waals surface area contributed by atoms with Crippen LogP contribution in [0.15, 0.2) is 37.0 Å². The van der Waals surface area contributed by atoms with Gasteiger partial charge in [-0.3, -0.25) is 4.72 Å². The smallest absolute Gasteiger partial charge is 0.418 e. The zero-order valence-corrected chi connectivity index (χ0v) is 14.5. The summed E-state index contributed by atoms with van der Waals surface area (Å²) in [5.74, 6) is 0. The largest absolute Gasteiger partial charge is 0.444 e. The number of nitrogens with one attached hydrogen (secondary N) is 1. The summed E-state index contributed by atoms with van der Waals surface area (Å²) < 4.78 is 20.6. The van der Waals surface area contributed by atoms with Crippen molar-refractivity contribution in [2.45, 2.75) is 25.6 Å². The molecule has 1 aliphatic rings. The predicted molar refractivity (Wildman–Crippen MR) is 92.7 cm³/mol. The zero-order valence-electron chi connectivity index (χ0n) is 13.7. The van der Waals surface area contributed by atoms with Crippen LogP contribution >= 0.6 is 12.1 Å². The average Bonchev–Trinajstić information content (AvgIpc) is 2.57.